The van der Waals surface area contributed by atoms with Crippen LogP contribution in [0.15, 0.2) is 0 Å². The zero-order valence-electron chi connectivity index (χ0n) is 12.4. The normalized spacial score (nSPS) is 17.6. The fourth-order valence-corrected chi connectivity index (χ4v) is 3.44. The van der Waals surface area contributed by atoms with Gasteiger partial charge in [0, 0.05) is 18.3 Å². The van der Waals surface area contributed by atoms with Crippen LogP contribution in [0.5, 0.6) is 6.01 Å². The van der Waals surface area contributed by atoms with E-state index >= 15 is 0 Å². The number of ether oxygens (including phenoxy) is 1. The molecule has 1 fully saturated rings. The van der Waals surface area contributed by atoms with E-state index in [0.29, 0.717) is 22.7 Å². The Labute approximate surface area is 124 Å². The van der Waals surface area contributed by atoms with Crippen LogP contribution in [0.25, 0.3) is 0 Å². The van der Waals surface area contributed by atoms with Gasteiger partial charge in [-0.15, -0.1) is 0 Å². The van der Waals surface area contributed by atoms with Gasteiger partial charge in [0.25, 0.3) is 0 Å². The van der Waals surface area contributed by atoms with Crippen molar-refractivity contribution in [3.63, 3.8) is 0 Å². The Morgan fingerprint density at radius 3 is 2.45 bits per heavy atom. The van der Waals surface area contributed by atoms with E-state index in [0.717, 1.165) is 6.54 Å². The highest BCUT2D eigenvalue weighted by molar-refractivity contribution is 8.00. The van der Waals surface area contributed by atoms with Crippen molar-refractivity contribution in [1.29, 1.82) is 0 Å². The molecule has 0 amide bonds. The topological polar surface area (TPSA) is 72.0 Å². The molecule has 1 aromatic rings. The predicted molar refractivity (Wildman–Crippen MR) is 83.7 cm³/mol. The lowest BCUT2D eigenvalue weighted by Gasteiger charge is -2.35. The van der Waals surface area contributed by atoms with Gasteiger partial charge < -0.3 is 15.4 Å². The molecule has 1 aliphatic carbocycles. The molecule has 1 aliphatic rings. The summed E-state index contributed by atoms with van der Waals surface area (Å²) in [5, 5.41) is 6.27. The first kappa shape index (κ1) is 15.2. The van der Waals surface area contributed by atoms with Crippen LogP contribution in [0.4, 0.5) is 11.9 Å². The summed E-state index contributed by atoms with van der Waals surface area (Å²) >= 11 is 1.95. The minimum atomic E-state index is 0.303. The van der Waals surface area contributed by atoms with Crippen LogP contribution in [-0.2, 0) is 0 Å². The van der Waals surface area contributed by atoms with Crippen molar-refractivity contribution in [3.05, 3.63) is 0 Å². The summed E-state index contributed by atoms with van der Waals surface area (Å²) in [6.07, 6.45) is 8.67. The first-order valence-corrected chi connectivity index (χ1v) is 8.21. The number of anilines is 2. The number of thioether (sulfide) groups is 1. The van der Waals surface area contributed by atoms with Gasteiger partial charge in [-0.25, -0.2) is 0 Å². The molecular formula is C13H23N5OS. The molecule has 1 heterocycles. The maximum Gasteiger partial charge on any atom is 0.322 e. The molecule has 0 atom stereocenters. The minimum Gasteiger partial charge on any atom is -0.467 e. The fourth-order valence-electron chi connectivity index (χ4n) is 2.53. The van der Waals surface area contributed by atoms with Gasteiger partial charge in [-0.05, 0) is 19.1 Å². The van der Waals surface area contributed by atoms with Gasteiger partial charge in [0.1, 0.15) is 0 Å². The highest BCUT2D eigenvalue weighted by Gasteiger charge is 2.31. The highest BCUT2D eigenvalue weighted by atomic mass is 32.2. The van der Waals surface area contributed by atoms with Crippen molar-refractivity contribution in [2.45, 2.75) is 36.9 Å². The molecule has 0 aliphatic heterocycles. The average Bonchev–Trinajstić information content (AvgIpc) is 2.53. The second-order valence-corrected chi connectivity index (χ2v) is 6.29. The van der Waals surface area contributed by atoms with Crippen LogP contribution in [-0.4, -0.2) is 46.7 Å². The third-order valence-corrected chi connectivity index (χ3v) is 5.21. The highest BCUT2D eigenvalue weighted by Crippen LogP contribution is 2.38. The van der Waals surface area contributed by atoms with Crippen molar-refractivity contribution in [2.75, 3.05) is 37.6 Å². The Kier molecular flexibility index (Phi) is 5.28. The van der Waals surface area contributed by atoms with Gasteiger partial charge >= 0.3 is 6.01 Å². The molecular weight excluding hydrogens is 274 g/mol. The standard InChI is InChI=1S/C13H23N5OS/c1-14-10-16-11(18-12(17-10)19-2)15-9-13(20-3)7-5-4-6-8-13/h4-9H2,1-3H3,(H2,14,15,16,17,18). The van der Waals surface area contributed by atoms with Gasteiger partial charge in [-0.2, -0.15) is 26.7 Å². The van der Waals surface area contributed by atoms with Gasteiger partial charge in [0.05, 0.1) is 7.11 Å². The summed E-state index contributed by atoms with van der Waals surface area (Å²) in [6, 6.07) is 0.327. The summed E-state index contributed by atoms with van der Waals surface area (Å²) in [5.41, 5.74) is 0. The van der Waals surface area contributed by atoms with E-state index in [1.54, 1.807) is 14.2 Å². The summed E-state index contributed by atoms with van der Waals surface area (Å²) in [5.74, 6) is 1.08. The average molecular weight is 297 g/mol. The Hall–Kier alpha value is -1.24. The van der Waals surface area contributed by atoms with Gasteiger partial charge in [-0.3, -0.25) is 0 Å². The molecule has 112 valence electrons. The zero-order valence-corrected chi connectivity index (χ0v) is 13.2. The molecule has 0 radical (unpaired) electrons. The molecule has 0 saturated heterocycles. The van der Waals surface area contributed by atoms with Crippen LogP contribution in [0.2, 0.25) is 0 Å². The first-order chi connectivity index (χ1) is 9.71. The lowest BCUT2D eigenvalue weighted by atomic mass is 9.88. The summed E-state index contributed by atoms with van der Waals surface area (Å²) in [6.45, 7) is 0.879. The Morgan fingerprint density at radius 2 is 1.85 bits per heavy atom. The van der Waals surface area contributed by atoms with Gasteiger partial charge in [0.15, 0.2) is 0 Å². The predicted octanol–water partition coefficient (Wildman–Crippen LogP) is 2.40. The lowest BCUT2D eigenvalue weighted by Crippen LogP contribution is -2.36. The minimum absolute atomic E-state index is 0.303. The van der Waals surface area contributed by atoms with Crippen molar-refractivity contribution in [3.8, 4) is 6.01 Å². The van der Waals surface area contributed by atoms with E-state index < -0.39 is 0 Å². The summed E-state index contributed by atoms with van der Waals surface area (Å²) in [7, 11) is 3.34. The third kappa shape index (κ3) is 3.65. The number of hydrogen-bond acceptors (Lipinski definition) is 7. The number of aromatic nitrogens is 3. The fraction of sp³-hybridized carbons (Fsp3) is 0.769. The van der Waals surface area contributed by atoms with Crippen molar-refractivity contribution < 1.29 is 4.74 Å². The Morgan fingerprint density at radius 1 is 1.15 bits per heavy atom. The maximum atomic E-state index is 5.09. The van der Waals surface area contributed by atoms with Gasteiger partial charge in [0.2, 0.25) is 11.9 Å². The Balaban J connectivity index is 2.05. The molecule has 0 spiro atoms. The molecule has 0 unspecified atom stereocenters. The Bertz CT molecular complexity index is 415. The summed E-state index contributed by atoms with van der Waals surface area (Å²) in [4.78, 5) is 12.7. The van der Waals surface area contributed by atoms with Gasteiger partial charge in [-0.1, -0.05) is 19.3 Å². The van der Waals surface area contributed by atoms with Crippen LogP contribution in [0.3, 0.4) is 0 Å². The second-order valence-electron chi connectivity index (χ2n) is 5.02. The van der Waals surface area contributed by atoms with E-state index in [9.17, 15) is 0 Å². The molecule has 2 N–H and O–H groups in total. The van der Waals surface area contributed by atoms with Crippen molar-refractivity contribution >= 4 is 23.7 Å². The number of nitrogens with one attached hydrogen (secondary N) is 2. The van der Waals surface area contributed by atoms with Crippen molar-refractivity contribution in [1.82, 2.24) is 15.0 Å². The smallest absolute Gasteiger partial charge is 0.322 e. The van der Waals surface area contributed by atoms with E-state index in [-0.39, 0.29) is 0 Å². The monoisotopic (exact) mass is 297 g/mol. The largest absolute Gasteiger partial charge is 0.467 e. The van der Waals surface area contributed by atoms with Crippen LogP contribution >= 0.6 is 11.8 Å². The number of methoxy groups -OCH3 is 1. The molecule has 2 rings (SSSR count). The molecule has 7 heteroatoms. The van der Waals surface area contributed by atoms with E-state index in [4.69, 9.17) is 4.74 Å². The van der Waals surface area contributed by atoms with E-state index in [1.807, 2.05) is 11.8 Å². The third-order valence-electron chi connectivity index (χ3n) is 3.79. The van der Waals surface area contributed by atoms with Crippen molar-refractivity contribution in [2.24, 2.45) is 0 Å². The molecule has 0 bridgehead atoms. The quantitative estimate of drug-likeness (QED) is 0.835. The van der Waals surface area contributed by atoms with Crippen LogP contribution < -0.4 is 15.4 Å². The molecule has 1 saturated carbocycles. The number of hydrogen-bond donors (Lipinski definition) is 2. The lowest BCUT2D eigenvalue weighted by molar-refractivity contribution is 0.379. The first-order valence-electron chi connectivity index (χ1n) is 6.98. The molecule has 6 nitrogen and oxygen atoms in total. The number of rotatable bonds is 6. The SMILES string of the molecule is CNc1nc(NCC2(SC)CCCCC2)nc(OC)n1. The molecule has 1 aromatic heterocycles. The van der Waals surface area contributed by atoms with E-state index in [1.165, 1.54) is 32.1 Å². The summed E-state index contributed by atoms with van der Waals surface area (Å²) < 4.78 is 5.40. The van der Waals surface area contributed by atoms with Crippen LogP contribution in [0, 0.1) is 0 Å². The molecule has 20 heavy (non-hydrogen) atoms. The van der Waals surface area contributed by atoms with Crippen LogP contribution in [0.1, 0.15) is 32.1 Å². The zero-order chi connectivity index (χ0) is 14.4. The second kappa shape index (κ2) is 6.97. The number of nitrogens with zero attached hydrogens (tertiary/aromatic N) is 3. The molecule has 0 aromatic carbocycles. The van der Waals surface area contributed by atoms with E-state index in [2.05, 4.69) is 31.8 Å². The maximum absolute atomic E-state index is 5.09.